The Hall–Kier alpha value is -1.63. The van der Waals surface area contributed by atoms with Crippen LogP contribution >= 0.6 is 0 Å². The van der Waals surface area contributed by atoms with Crippen LogP contribution in [-0.2, 0) is 4.74 Å². The summed E-state index contributed by atoms with van der Waals surface area (Å²) < 4.78 is 4.83. The summed E-state index contributed by atoms with van der Waals surface area (Å²) in [6.07, 6.45) is 0. The summed E-state index contributed by atoms with van der Waals surface area (Å²) in [5.74, 6) is 1.99. The lowest BCUT2D eigenvalue weighted by atomic mass is 10.7. The van der Waals surface area contributed by atoms with Crippen LogP contribution in [0.3, 0.4) is 0 Å². The van der Waals surface area contributed by atoms with Crippen molar-refractivity contribution in [1.29, 1.82) is 0 Å². The standard InChI is InChI=1S/C9H18N6.C4H10O/c1-13(2)7-10-8(14(3)4)12-9(11-7)15(5)6;1-3-5-4-2/h1-6H3;3-4H2,1-2H3. The molecule has 1 heterocycles. The van der Waals surface area contributed by atoms with E-state index in [9.17, 15) is 0 Å². The van der Waals surface area contributed by atoms with Gasteiger partial charge in [0.1, 0.15) is 0 Å². The van der Waals surface area contributed by atoms with E-state index < -0.39 is 0 Å². The highest BCUT2D eigenvalue weighted by Crippen LogP contribution is 2.14. The predicted octanol–water partition coefficient (Wildman–Crippen LogP) is 1.11. The molecule has 0 radical (unpaired) electrons. The Bertz CT molecular complexity index is 314. The van der Waals surface area contributed by atoms with Crippen LogP contribution in [0.4, 0.5) is 17.8 Å². The van der Waals surface area contributed by atoms with E-state index in [0.717, 1.165) is 13.2 Å². The van der Waals surface area contributed by atoms with E-state index in [-0.39, 0.29) is 0 Å². The Kier molecular flexibility index (Phi) is 8.54. The molecule has 0 saturated carbocycles. The molecule has 0 spiro atoms. The third-order valence-electron chi connectivity index (χ3n) is 2.21. The lowest BCUT2D eigenvalue weighted by Gasteiger charge is -2.18. The molecule has 1 rings (SSSR count). The molecule has 0 aliphatic heterocycles. The van der Waals surface area contributed by atoms with E-state index in [4.69, 9.17) is 4.74 Å². The van der Waals surface area contributed by atoms with Crippen molar-refractivity contribution in [2.45, 2.75) is 13.8 Å². The van der Waals surface area contributed by atoms with Crippen LogP contribution in [0.1, 0.15) is 13.8 Å². The highest BCUT2D eigenvalue weighted by Gasteiger charge is 2.10. The molecule has 0 unspecified atom stereocenters. The van der Waals surface area contributed by atoms with E-state index in [2.05, 4.69) is 15.0 Å². The van der Waals surface area contributed by atoms with Gasteiger partial charge < -0.3 is 19.4 Å². The normalized spacial score (nSPS) is 9.60. The second kappa shape index (κ2) is 9.30. The fourth-order valence-corrected chi connectivity index (χ4v) is 1.15. The number of anilines is 3. The van der Waals surface area contributed by atoms with Gasteiger partial charge in [0.25, 0.3) is 0 Å². The quantitative estimate of drug-likeness (QED) is 0.802. The van der Waals surface area contributed by atoms with Gasteiger partial charge in [-0.3, -0.25) is 0 Å². The zero-order chi connectivity index (χ0) is 15.7. The Morgan fingerprint density at radius 2 is 0.900 bits per heavy atom. The van der Waals surface area contributed by atoms with E-state index in [1.54, 1.807) is 0 Å². The van der Waals surface area contributed by atoms with Crippen molar-refractivity contribution in [2.24, 2.45) is 0 Å². The average Bonchev–Trinajstić information content (AvgIpc) is 2.39. The molecule has 0 aliphatic rings. The minimum absolute atomic E-state index is 0.664. The molecule has 0 amide bonds. The van der Waals surface area contributed by atoms with Crippen molar-refractivity contribution in [1.82, 2.24) is 15.0 Å². The summed E-state index contributed by atoms with van der Waals surface area (Å²) in [5, 5.41) is 0. The Labute approximate surface area is 122 Å². The van der Waals surface area contributed by atoms with Crippen LogP contribution in [0.15, 0.2) is 0 Å². The fraction of sp³-hybridized carbons (Fsp3) is 0.769. The fourth-order valence-electron chi connectivity index (χ4n) is 1.15. The SMILES string of the molecule is CCOCC.CN(C)c1nc(N(C)C)nc(N(C)C)n1. The van der Waals surface area contributed by atoms with Gasteiger partial charge in [0.2, 0.25) is 17.8 Å². The van der Waals surface area contributed by atoms with Gasteiger partial charge in [0.05, 0.1) is 0 Å². The van der Waals surface area contributed by atoms with Crippen LogP contribution < -0.4 is 14.7 Å². The Morgan fingerprint density at radius 3 is 1.00 bits per heavy atom. The van der Waals surface area contributed by atoms with Crippen LogP contribution in [0, 0.1) is 0 Å². The first kappa shape index (κ1) is 18.4. The summed E-state index contributed by atoms with van der Waals surface area (Å²) in [6, 6.07) is 0. The molecule has 1 aromatic rings. The number of ether oxygens (including phenoxy) is 1. The largest absolute Gasteiger partial charge is 0.382 e. The van der Waals surface area contributed by atoms with Gasteiger partial charge in [0.15, 0.2) is 0 Å². The summed E-state index contributed by atoms with van der Waals surface area (Å²) in [6.45, 7) is 5.67. The van der Waals surface area contributed by atoms with E-state index in [1.165, 1.54) is 0 Å². The summed E-state index contributed by atoms with van der Waals surface area (Å²) in [4.78, 5) is 18.5. The Balaban J connectivity index is 0.000000621. The maximum absolute atomic E-state index is 4.83. The lowest BCUT2D eigenvalue weighted by molar-refractivity contribution is 0.162. The van der Waals surface area contributed by atoms with Crippen molar-refractivity contribution < 1.29 is 4.74 Å². The van der Waals surface area contributed by atoms with Gasteiger partial charge in [-0.15, -0.1) is 0 Å². The van der Waals surface area contributed by atoms with Crippen molar-refractivity contribution in [3.05, 3.63) is 0 Å². The number of rotatable bonds is 5. The van der Waals surface area contributed by atoms with E-state index in [0.29, 0.717) is 17.8 Å². The van der Waals surface area contributed by atoms with E-state index in [1.807, 2.05) is 70.8 Å². The number of hydrogen-bond acceptors (Lipinski definition) is 7. The third-order valence-corrected chi connectivity index (χ3v) is 2.21. The van der Waals surface area contributed by atoms with Crippen molar-refractivity contribution in [2.75, 3.05) is 70.2 Å². The monoisotopic (exact) mass is 284 g/mol. The maximum atomic E-state index is 4.83. The zero-order valence-electron chi connectivity index (χ0n) is 14.0. The first-order valence-electron chi connectivity index (χ1n) is 6.69. The van der Waals surface area contributed by atoms with E-state index >= 15 is 0 Å². The second-order valence-corrected chi connectivity index (χ2v) is 4.70. The topological polar surface area (TPSA) is 57.6 Å². The van der Waals surface area contributed by atoms with Crippen LogP contribution in [0.25, 0.3) is 0 Å². The summed E-state index contributed by atoms with van der Waals surface area (Å²) in [5.41, 5.74) is 0. The molecular weight excluding hydrogens is 256 g/mol. The minimum Gasteiger partial charge on any atom is -0.382 e. The summed E-state index contributed by atoms with van der Waals surface area (Å²) in [7, 11) is 11.5. The molecule has 116 valence electrons. The van der Waals surface area contributed by atoms with Crippen molar-refractivity contribution in [3.63, 3.8) is 0 Å². The molecule has 7 nitrogen and oxygen atoms in total. The van der Waals surface area contributed by atoms with Gasteiger partial charge in [-0.25, -0.2) is 0 Å². The van der Waals surface area contributed by atoms with Gasteiger partial charge >= 0.3 is 0 Å². The molecule has 7 heteroatoms. The van der Waals surface area contributed by atoms with Crippen molar-refractivity contribution >= 4 is 17.8 Å². The molecule has 0 bridgehead atoms. The molecule has 0 saturated heterocycles. The molecule has 0 aromatic carbocycles. The maximum Gasteiger partial charge on any atom is 0.231 e. The number of nitrogens with zero attached hydrogens (tertiary/aromatic N) is 6. The first-order chi connectivity index (χ1) is 9.33. The van der Waals surface area contributed by atoms with Crippen LogP contribution in [0.5, 0.6) is 0 Å². The minimum atomic E-state index is 0.664. The van der Waals surface area contributed by atoms with Gasteiger partial charge in [-0.1, -0.05) is 0 Å². The molecule has 0 atom stereocenters. The average molecular weight is 284 g/mol. The van der Waals surface area contributed by atoms with Crippen LogP contribution in [-0.4, -0.2) is 70.5 Å². The molecular formula is C13H28N6O. The zero-order valence-corrected chi connectivity index (χ0v) is 14.0. The molecule has 0 aliphatic carbocycles. The van der Waals surface area contributed by atoms with Gasteiger partial charge in [0, 0.05) is 55.5 Å². The molecule has 0 fully saturated rings. The van der Waals surface area contributed by atoms with Crippen LogP contribution in [0.2, 0.25) is 0 Å². The molecule has 0 N–H and O–H groups in total. The Morgan fingerprint density at radius 1 is 0.650 bits per heavy atom. The smallest absolute Gasteiger partial charge is 0.231 e. The van der Waals surface area contributed by atoms with Gasteiger partial charge in [-0.05, 0) is 13.8 Å². The summed E-state index contributed by atoms with van der Waals surface area (Å²) >= 11 is 0. The predicted molar refractivity (Wildman–Crippen MR) is 85.0 cm³/mol. The number of hydrogen-bond donors (Lipinski definition) is 0. The highest BCUT2D eigenvalue weighted by atomic mass is 16.5. The van der Waals surface area contributed by atoms with Gasteiger partial charge in [-0.2, -0.15) is 15.0 Å². The molecule has 20 heavy (non-hydrogen) atoms. The second-order valence-electron chi connectivity index (χ2n) is 4.70. The highest BCUT2D eigenvalue weighted by molar-refractivity contribution is 5.44. The lowest BCUT2D eigenvalue weighted by Crippen LogP contribution is -2.22. The first-order valence-corrected chi connectivity index (χ1v) is 6.69. The van der Waals surface area contributed by atoms with Crippen molar-refractivity contribution in [3.8, 4) is 0 Å². The third kappa shape index (κ3) is 6.51. The molecule has 1 aromatic heterocycles. The number of aromatic nitrogens is 3.